The standard InChI is InChI=1S/C16H11F3OS/c17-13-4-3-12(11(8-13)2-1-7-20)10-21-16-6-5-14(18)9-15(16)19/h3-6,8-9,20H,7,10H2. The molecule has 0 amide bonds. The fourth-order valence-corrected chi connectivity index (χ4v) is 2.60. The minimum atomic E-state index is -0.634. The third kappa shape index (κ3) is 4.28. The monoisotopic (exact) mass is 308 g/mol. The van der Waals surface area contributed by atoms with Gasteiger partial charge < -0.3 is 5.11 Å². The molecular weight excluding hydrogens is 297 g/mol. The average molecular weight is 308 g/mol. The van der Waals surface area contributed by atoms with Gasteiger partial charge in [0.25, 0.3) is 0 Å². The van der Waals surface area contributed by atoms with E-state index in [-0.39, 0.29) is 6.61 Å². The van der Waals surface area contributed by atoms with E-state index in [0.717, 1.165) is 6.07 Å². The van der Waals surface area contributed by atoms with Crippen LogP contribution in [0.1, 0.15) is 11.1 Å². The number of thioether (sulfide) groups is 1. The van der Waals surface area contributed by atoms with Gasteiger partial charge in [-0.25, -0.2) is 13.2 Å². The van der Waals surface area contributed by atoms with Crippen molar-refractivity contribution in [1.29, 1.82) is 0 Å². The summed E-state index contributed by atoms with van der Waals surface area (Å²) in [5, 5.41) is 8.70. The van der Waals surface area contributed by atoms with Gasteiger partial charge in [-0.3, -0.25) is 0 Å². The van der Waals surface area contributed by atoms with Gasteiger partial charge in [0.2, 0.25) is 0 Å². The molecule has 21 heavy (non-hydrogen) atoms. The number of aliphatic hydroxyl groups excluding tert-OH is 1. The van der Waals surface area contributed by atoms with Crippen molar-refractivity contribution in [1.82, 2.24) is 0 Å². The zero-order valence-corrected chi connectivity index (χ0v) is 11.7. The second-order valence-corrected chi connectivity index (χ2v) is 5.14. The van der Waals surface area contributed by atoms with E-state index >= 15 is 0 Å². The Hall–Kier alpha value is -1.90. The molecule has 2 aromatic rings. The summed E-state index contributed by atoms with van der Waals surface area (Å²) in [6, 6.07) is 7.48. The van der Waals surface area contributed by atoms with Crippen molar-refractivity contribution < 1.29 is 18.3 Å². The van der Waals surface area contributed by atoms with Gasteiger partial charge in [-0.15, -0.1) is 11.8 Å². The normalized spacial score (nSPS) is 10.1. The SMILES string of the molecule is OCC#Cc1cc(F)ccc1CSc1ccc(F)cc1F. The van der Waals surface area contributed by atoms with Crippen LogP contribution in [0, 0.1) is 29.3 Å². The lowest BCUT2D eigenvalue weighted by molar-refractivity contribution is 0.350. The second kappa shape index (κ2) is 7.21. The molecule has 1 N–H and O–H groups in total. The maximum absolute atomic E-state index is 13.5. The van der Waals surface area contributed by atoms with Gasteiger partial charge in [0.1, 0.15) is 24.1 Å². The molecular formula is C16H11F3OS. The van der Waals surface area contributed by atoms with Gasteiger partial charge in [-0.1, -0.05) is 17.9 Å². The van der Waals surface area contributed by atoms with Crippen molar-refractivity contribution in [3.05, 3.63) is 65.0 Å². The van der Waals surface area contributed by atoms with Gasteiger partial charge in [-0.05, 0) is 29.8 Å². The number of halogens is 3. The molecule has 0 fully saturated rings. The minimum absolute atomic E-state index is 0.307. The number of benzene rings is 2. The summed E-state index contributed by atoms with van der Waals surface area (Å²) in [6.07, 6.45) is 0. The van der Waals surface area contributed by atoms with E-state index in [0.29, 0.717) is 21.8 Å². The molecule has 0 unspecified atom stereocenters. The molecule has 0 spiro atoms. The maximum Gasteiger partial charge on any atom is 0.139 e. The van der Waals surface area contributed by atoms with E-state index in [2.05, 4.69) is 11.8 Å². The lowest BCUT2D eigenvalue weighted by Gasteiger charge is -2.06. The molecule has 0 aliphatic carbocycles. The molecule has 5 heteroatoms. The highest BCUT2D eigenvalue weighted by molar-refractivity contribution is 7.98. The molecule has 0 heterocycles. The molecule has 0 aliphatic rings. The predicted octanol–water partition coefficient (Wildman–Crippen LogP) is 3.74. The van der Waals surface area contributed by atoms with E-state index in [1.807, 2.05) is 0 Å². The lowest BCUT2D eigenvalue weighted by Crippen LogP contribution is -1.91. The smallest absolute Gasteiger partial charge is 0.139 e. The number of hydrogen-bond acceptors (Lipinski definition) is 2. The van der Waals surface area contributed by atoms with Crippen LogP contribution < -0.4 is 0 Å². The third-order valence-corrected chi connectivity index (χ3v) is 3.75. The highest BCUT2D eigenvalue weighted by Gasteiger charge is 2.07. The van der Waals surface area contributed by atoms with Crippen LogP contribution >= 0.6 is 11.8 Å². The largest absolute Gasteiger partial charge is 0.384 e. The second-order valence-electron chi connectivity index (χ2n) is 4.12. The minimum Gasteiger partial charge on any atom is -0.384 e. The first kappa shape index (κ1) is 15.5. The summed E-state index contributed by atoms with van der Waals surface area (Å²) >= 11 is 1.17. The van der Waals surface area contributed by atoms with Crippen molar-refractivity contribution in [2.24, 2.45) is 0 Å². The number of hydrogen-bond donors (Lipinski definition) is 1. The number of aliphatic hydroxyl groups is 1. The van der Waals surface area contributed by atoms with Gasteiger partial charge >= 0.3 is 0 Å². The van der Waals surface area contributed by atoms with Gasteiger partial charge in [0.15, 0.2) is 0 Å². The van der Waals surface area contributed by atoms with Crippen LogP contribution in [0.4, 0.5) is 13.2 Å². The van der Waals surface area contributed by atoms with E-state index in [1.165, 1.54) is 36.0 Å². The molecule has 1 nitrogen and oxygen atoms in total. The topological polar surface area (TPSA) is 20.2 Å². The molecule has 0 radical (unpaired) electrons. The zero-order chi connectivity index (χ0) is 15.2. The molecule has 0 bridgehead atoms. The Labute approximate surface area is 124 Å². The maximum atomic E-state index is 13.5. The van der Waals surface area contributed by atoms with Crippen molar-refractivity contribution in [2.75, 3.05) is 6.61 Å². The van der Waals surface area contributed by atoms with Gasteiger partial charge in [0.05, 0.1) is 0 Å². The Balaban J connectivity index is 2.19. The molecule has 0 saturated carbocycles. The highest BCUT2D eigenvalue weighted by atomic mass is 32.2. The van der Waals surface area contributed by atoms with Gasteiger partial charge in [0, 0.05) is 22.3 Å². The fraction of sp³-hybridized carbons (Fsp3) is 0.125. The van der Waals surface area contributed by atoms with Crippen molar-refractivity contribution in [3.8, 4) is 11.8 Å². The molecule has 0 aromatic heterocycles. The summed E-state index contributed by atoms with van der Waals surface area (Å²) < 4.78 is 39.6. The van der Waals surface area contributed by atoms with E-state index in [1.54, 1.807) is 6.07 Å². The van der Waals surface area contributed by atoms with E-state index in [4.69, 9.17) is 5.11 Å². The van der Waals surface area contributed by atoms with Crippen molar-refractivity contribution >= 4 is 11.8 Å². The Morgan fingerprint density at radius 2 is 1.71 bits per heavy atom. The van der Waals surface area contributed by atoms with Crippen LogP contribution in [-0.2, 0) is 5.75 Å². The van der Waals surface area contributed by atoms with Crippen LogP contribution in [0.3, 0.4) is 0 Å². The summed E-state index contributed by atoms with van der Waals surface area (Å²) in [5.41, 5.74) is 1.16. The van der Waals surface area contributed by atoms with Crippen LogP contribution in [0.25, 0.3) is 0 Å². The summed E-state index contributed by atoms with van der Waals surface area (Å²) in [4.78, 5) is 0.307. The molecule has 0 saturated heterocycles. The summed E-state index contributed by atoms with van der Waals surface area (Å²) in [6.45, 7) is -0.324. The van der Waals surface area contributed by atoms with Crippen LogP contribution in [0.5, 0.6) is 0 Å². The van der Waals surface area contributed by atoms with Crippen molar-refractivity contribution in [2.45, 2.75) is 10.6 Å². The van der Waals surface area contributed by atoms with Crippen LogP contribution in [0.2, 0.25) is 0 Å². The van der Waals surface area contributed by atoms with Crippen molar-refractivity contribution in [3.63, 3.8) is 0 Å². The van der Waals surface area contributed by atoms with E-state index in [9.17, 15) is 13.2 Å². The first-order valence-corrected chi connectivity index (χ1v) is 7.04. The third-order valence-electron chi connectivity index (χ3n) is 2.65. The average Bonchev–Trinajstić information content (AvgIpc) is 2.45. The molecule has 0 atom stereocenters. The van der Waals surface area contributed by atoms with E-state index < -0.39 is 17.5 Å². The first-order valence-electron chi connectivity index (χ1n) is 6.06. The Morgan fingerprint density at radius 3 is 2.43 bits per heavy atom. The van der Waals surface area contributed by atoms with Crippen LogP contribution in [0.15, 0.2) is 41.3 Å². The Bertz CT molecular complexity index is 704. The Morgan fingerprint density at radius 1 is 1.00 bits per heavy atom. The fourth-order valence-electron chi connectivity index (χ4n) is 1.67. The lowest BCUT2D eigenvalue weighted by atomic mass is 10.1. The highest BCUT2D eigenvalue weighted by Crippen LogP contribution is 2.27. The number of rotatable bonds is 3. The predicted molar refractivity (Wildman–Crippen MR) is 76.3 cm³/mol. The zero-order valence-electron chi connectivity index (χ0n) is 10.9. The summed E-state index contributed by atoms with van der Waals surface area (Å²) in [7, 11) is 0. The first-order chi connectivity index (χ1) is 10.1. The quantitative estimate of drug-likeness (QED) is 0.688. The summed E-state index contributed by atoms with van der Waals surface area (Å²) in [5.74, 6) is 3.77. The molecule has 2 rings (SSSR count). The van der Waals surface area contributed by atoms with Gasteiger partial charge in [-0.2, -0.15) is 0 Å². The molecule has 2 aromatic carbocycles. The Kier molecular flexibility index (Phi) is 5.32. The molecule has 108 valence electrons. The molecule has 0 aliphatic heterocycles. The van der Waals surface area contributed by atoms with Crippen LogP contribution in [-0.4, -0.2) is 11.7 Å².